The highest BCUT2D eigenvalue weighted by molar-refractivity contribution is 7.89. The number of likely N-dealkylation sites (tertiary alicyclic amines) is 1. The van der Waals surface area contributed by atoms with E-state index in [1.54, 1.807) is 6.92 Å². The molecule has 220 valence electrons. The molecule has 0 bridgehead atoms. The molecule has 2 heterocycles. The van der Waals surface area contributed by atoms with Gasteiger partial charge in [0, 0.05) is 38.3 Å². The standard InChI is InChI=1S/C27H32Cl2F3N3O4S/c1-18(26(36)33-21-10-12-34(16-21)15-19-7-3-2-4-8-19)39-17-22-9-5-6-11-35(22)40(37,38)25-23(28)13-20(14-24(25)29)27(30,31)32/h2-4,7-8,13-14,18,21-22H,5-6,9-12,15-17H2,1H3,(H,33,36). The number of rotatable bonds is 9. The Morgan fingerprint density at radius 1 is 1.10 bits per heavy atom. The minimum absolute atomic E-state index is 0.0160. The van der Waals surface area contributed by atoms with E-state index in [0.717, 1.165) is 32.5 Å². The van der Waals surface area contributed by atoms with Crippen LogP contribution >= 0.6 is 23.2 Å². The summed E-state index contributed by atoms with van der Waals surface area (Å²) in [6.45, 7) is 4.06. The number of ether oxygens (including phenoxy) is 1. The number of nitrogens with one attached hydrogen (secondary N) is 1. The Hall–Kier alpha value is -1.89. The Morgan fingerprint density at radius 3 is 2.42 bits per heavy atom. The van der Waals surface area contributed by atoms with Crippen LogP contribution in [0.3, 0.4) is 0 Å². The van der Waals surface area contributed by atoms with E-state index in [1.165, 1.54) is 9.87 Å². The highest BCUT2D eigenvalue weighted by atomic mass is 35.5. The summed E-state index contributed by atoms with van der Waals surface area (Å²) < 4.78 is 73.4. The SMILES string of the molecule is CC(OCC1CCCCN1S(=O)(=O)c1c(Cl)cc(C(F)(F)F)cc1Cl)C(=O)NC1CCN(Cc2ccccc2)C1. The van der Waals surface area contributed by atoms with E-state index < -0.39 is 48.8 Å². The summed E-state index contributed by atoms with van der Waals surface area (Å²) in [5, 5.41) is 1.82. The van der Waals surface area contributed by atoms with Crippen LogP contribution in [-0.2, 0) is 32.3 Å². The van der Waals surface area contributed by atoms with E-state index in [0.29, 0.717) is 25.0 Å². The van der Waals surface area contributed by atoms with Gasteiger partial charge in [-0.1, -0.05) is 60.0 Å². The molecular weight excluding hydrogens is 590 g/mol. The largest absolute Gasteiger partial charge is 0.416 e. The van der Waals surface area contributed by atoms with Gasteiger partial charge in [0.05, 0.1) is 22.2 Å². The van der Waals surface area contributed by atoms with Crippen molar-refractivity contribution in [1.82, 2.24) is 14.5 Å². The number of benzene rings is 2. The van der Waals surface area contributed by atoms with Crippen LogP contribution in [0.5, 0.6) is 0 Å². The smallest absolute Gasteiger partial charge is 0.367 e. The third-order valence-electron chi connectivity index (χ3n) is 7.24. The van der Waals surface area contributed by atoms with Crippen LogP contribution in [0.15, 0.2) is 47.4 Å². The number of carbonyl (C=O) groups excluding carboxylic acids is 1. The van der Waals surface area contributed by atoms with Crippen LogP contribution in [-0.4, -0.2) is 68.0 Å². The van der Waals surface area contributed by atoms with Crippen LogP contribution in [0.25, 0.3) is 0 Å². The molecule has 1 amide bonds. The normalized spacial score (nSPS) is 21.9. The van der Waals surface area contributed by atoms with Crippen molar-refractivity contribution in [3.05, 3.63) is 63.6 Å². The second kappa shape index (κ2) is 13.0. The molecule has 2 fully saturated rings. The molecule has 2 aliphatic heterocycles. The number of halogens is 5. The Kier molecular flexibility index (Phi) is 10.1. The molecular formula is C27H32Cl2F3N3O4S. The summed E-state index contributed by atoms with van der Waals surface area (Å²) >= 11 is 12.0. The van der Waals surface area contributed by atoms with Gasteiger partial charge in [-0.05, 0) is 43.9 Å². The summed E-state index contributed by atoms with van der Waals surface area (Å²) in [5.41, 5.74) is 0.0716. The fourth-order valence-corrected chi connectivity index (χ4v) is 7.98. The predicted octanol–water partition coefficient (Wildman–Crippen LogP) is 5.35. The van der Waals surface area contributed by atoms with Crippen molar-refractivity contribution in [3.63, 3.8) is 0 Å². The maximum Gasteiger partial charge on any atom is 0.416 e. The van der Waals surface area contributed by atoms with Crippen molar-refractivity contribution in [3.8, 4) is 0 Å². The molecule has 2 aliphatic rings. The van der Waals surface area contributed by atoms with Gasteiger partial charge in [0.1, 0.15) is 11.0 Å². The maximum absolute atomic E-state index is 13.5. The van der Waals surface area contributed by atoms with E-state index in [4.69, 9.17) is 27.9 Å². The number of sulfonamides is 1. The molecule has 3 atom stereocenters. The Morgan fingerprint density at radius 2 is 1.77 bits per heavy atom. The fraction of sp³-hybridized carbons (Fsp3) is 0.519. The molecule has 2 aromatic carbocycles. The van der Waals surface area contributed by atoms with Crippen molar-refractivity contribution >= 4 is 39.1 Å². The maximum atomic E-state index is 13.5. The van der Waals surface area contributed by atoms with Gasteiger partial charge in [-0.2, -0.15) is 17.5 Å². The van der Waals surface area contributed by atoms with Gasteiger partial charge in [-0.3, -0.25) is 9.69 Å². The average molecular weight is 623 g/mol. The monoisotopic (exact) mass is 621 g/mol. The molecule has 7 nitrogen and oxygen atoms in total. The molecule has 0 spiro atoms. The highest BCUT2D eigenvalue weighted by Crippen LogP contribution is 2.40. The van der Waals surface area contributed by atoms with E-state index in [1.807, 2.05) is 18.2 Å². The van der Waals surface area contributed by atoms with Crippen molar-refractivity contribution in [2.45, 2.75) is 68.4 Å². The minimum atomic E-state index is -4.73. The Bertz CT molecular complexity index is 1270. The van der Waals surface area contributed by atoms with Crippen LogP contribution in [0.2, 0.25) is 10.0 Å². The zero-order chi connectivity index (χ0) is 29.1. The number of hydrogen-bond donors (Lipinski definition) is 1. The summed E-state index contributed by atoms with van der Waals surface area (Å²) in [4.78, 5) is 14.5. The molecule has 3 unspecified atom stereocenters. The summed E-state index contributed by atoms with van der Waals surface area (Å²) in [6.07, 6.45) is -2.99. The lowest BCUT2D eigenvalue weighted by atomic mass is 10.1. The predicted molar refractivity (Wildman–Crippen MR) is 147 cm³/mol. The third kappa shape index (κ3) is 7.49. The number of carbonyl (C=O) groups is 1. The summed E-state index contributed by atoms with van der Waals surface area (Å²) in [5.74, 6) is -0.286. The van der Waals surface area contributed by atoms with E-state index >= 15 is 0 Å². The Balaban J connectivity index is 1.35. The van der Waals surface area contributed by atoms with Gasteiger partial charge in [0.15, 0.2) is 0 Å². The molecule has 0 saturated carbocycles. The minimum Gasteiger partial charge on any atom is -0.367 e. The van der Waals surface area contributed by atoms with E-state index in [2.05, 4.69) is 22.3 Å². The number of nitrogens with zero attached hydrogens (tertiary/aromatic N) is 2. The fourth-order valence-electron chi connectivity index (χ4n) is 5.13. The summed E-state index contributed by atoms with van der Waals surface area (Å²) in [6, 6.07) is 10.6. The lowest BCUT2D eigenvalue weighted by molar-refractivity contribution is -0.137. The van der Waals surface area contributed by atoms with Crippen LogP contribution in [0.1, 0.15) is 43.7 Å². The van der Waals surface area contributed by atoms with Crippen molar-refractivity contribution < 1.29 is 31.1 Å². The quantitative estimate of drug-likeness (QED) is 0.408. The first-order valence-corrected chi connectivity index (χ1v) is 15.3. The molecule has 0 radical (unpaired) electrons. The van der Waals surface area contributed by atoms with Gasteiger partial charge in [0.2, 0.25) is 15.9 Å². The lowest BCUT2D eigenvalue weighted by Crippen LogP contribution is -2.48. The lowest BCUT2D eigenvalue weighted by Gasteiger charge is -2.35. The molecule has 4 rings (SSSR count). The first kappa shape index (κ1) is 31.1. The van der Waals surface area contributed by atoms with E-state index in [-0.39, 0.29) is 25.1 Å². The van der Waals surface area contributed by atoms with Crippen molar-refractivity contribution in [2.75, 3.05) is 26.2 Å². The zero-order valence-corrected chi connectivity index (χ0v) is 24.3. The number of amides is 1. The van der Waals surface area contributed by atoms with Gasteiger partial charge in [0.25, 0.3) is 0 Å². The second-order valence-corrected chi connectivity index (χ2v) is 12.9. The molecule has 2 aromatic rings. The van der Waals surface area contributed by atoms with Gasteiger partial charge < -0.3 is 10.1 Å². The molecule has 0 aromatic heterocycles. The molecule has 1 N–H and O–H groups in total. The number of hydrogen-bond acceptors (Lipinski definition) is 5. The Labute approximate surface area is 242 Å². The molecule has 40 heavy (non-hydrogen) atoms. The van der Waals surface area contributed by atoms with Gasteiger partial charge in [-0.25, -0.2) is 8.42 Å². The number of piperidine rings is 1. The first-order chi connectivity index (χ1) is 18.9. The third-order valence-corrected chi connectivity index (χ3v) is 10.1. The topological polar surface area (TPSA) is 78.9 Å². The molecule has 13 heteroatoms. The first-order valence-electron chi connectivity index (χ1n) is 13.1. The zero-order valence-electron chi connectivity index (χ0n) is 22.0. The van der Waals surface area contributed by atoms with Crippen LogP contribution in [0, 0.1) is 0 Å². The van der Waals surface area contributed by atoms with Crippen molar-refractivity contribution in [2.24, 2.45) is 0 Å². The average Bonchev–Trinajstić information content (AvgIpc) is 3.33. The van der Waals surface area contributed by atoms with Gasteiger partial charge >= 0.3 is 6.18 Å². The summed E-state index contributed by atoms with van der Waals surface area (Å²) in [7, 11) is -4.34. The number of alkyl halides is 3. The van der Waals surface area contributed by atoms with Gasteiger partial charge in [-0.15, -0.1) is 0 Å². The second-order valence-electron chi connectivity index (χ2n) is 10.2. The molecule has 2 saturated heterocycles. The van der Waals surface area contributed by atoms with Crippen LogP contribution in [0.4, 0.5) is 13.2 Å². The van der Waals surface area contributed by atoms with Crippen molar-refractivity contribution in [1.29, 1.82) is 0 Å². The molecule has 0 aliphatic carbocycles. The van der Waals surface area contributed by atoms with Crippen LogP contribution < -0.4 is 5.32 Å². The highest BCUT2D eigenvalue weighted by Gasteiger charge is 2.39. The van der Waals surface area contributed by atoms with E-state index in [9.17, 15) is 26.4 Å².